The van der Waals surface area contributed by atoms with Crippen molar-refractivity contribution in [1.82, 2.24) is 0 Å². The Balaban J connectivity index is 4.43. The maximum atomic E-state index is 9.53. The molecule has 0 bridgehead atoms. The molecule has 0 heterocycles. The molecule has 2 nitrogen and oxygen atoms in total. The Hall–Kier alpha value is -0.340. The highest BCUT2D eigenvalue weighted by atomic mass is 16.4. The Bertz CT molecular complexity index is 125. The zero-order valence-corrected chi connectivity index (χ0v) is 6.89. The minimum atomic E-state index is -1.19. The van der Waals surface area contributed by atoms with E-state index in [0.717, 1.165) is 0 Å². The van der Waals surface area contributed by atoms with Gasteiger partial charge in [-0.25, -0.2) is 0 Å². The summed E-state index contributed by atoms with van der Waals surface area (Å²) >= 11 is 0. The molecule has 10 heavy (non-hydrogen) atoms. The first-order valence-corrected chi connectivity index (χ1v) is 3.45. The first-order chi connectivity index (χ1) is 4.37. The Morgan fingerprint density at radius 3 is 1.90 bits per heavy atom. The van der Waals surface area contributed by atoms with Crippen molar-refractivity contribution in [2.75, 3.05) is 0 Å². The molecule has 0 aliphatic heterocycles. The Kier molecular flexibility index (Phi) is 2.63. The van der Waals surface area contributed by atoms with Crippen molar-refractivity contribution in [3.63, 3.8) is 0 Å². The van der Waals surface area contributed by atoms with Gasteiger partial charge in [-0.2, -0.15) is 0 Å². The van der Waals surface area contributed by atoms with Gasteiger partial charge in [0.25, 0.3) is 0 Å². The average molecular weight is 144 g/mol. The summed E-state index contributed by atoms with van der Waals surface area (Å²) in [6, 6.07) is 0. The highest BCUT2D eigenvalue weighted by molar-refractivity contribution is 5.04. The molecule has 2 heteroatoms. The largest absolute Gasteiger partial charge is 0.387 e. The summed E-state index contributed by atoms with van der Waals surface area (Å²) in [5, 5.41) is 19.0. The van der Waals surface area contributed by atoms with E-state index in [9.17, 15) is 10.2 Å². The van der Waals surface area contributed by atoms with Gasteiger partial charge < -0.3 is 10.2 Å². The van der Waals surface area contributed by atoms with E-state index in [0.29, 0.717) is 6.42 Å². The first-order valence-electron chi connectivity index (χ1n) is 3.45. The van der Waals surface area contributed by atoms with Crippen LogP contribution in [0.2, 0.25) is 0 Å². The maximum Gasteiger partial charge on any atom is 0.108 e. The molecule has 0 saturated heterocycles. The van der Waals surface area contributed by atoms with Crippen LogP contribution < -0.4 is 0 Å². The highest BCUT2D eigenvalue weighted by Crippen LogP contribution is 2.25. The van der Waals surface area contributed by atoms with Crippen LogP contribution in [-0.4, -0.2) is 21.4 Å². The quantitative estimate of drug-likeness (QED) is 0.582. The SMILES string of the molecule is C=CC(C)(O)C(C)(O)CC. The zero-order valence-electron chi connectivity index (χ0n) is 6.89. The molecule has 0 radical (unpaired) electrons. The predicted octanol–water partition coefficient (Wildman–Crippen LogP) is 1.08. The molecule has 0 aliphatic carbocycles. The molecule has 0 aromatic heterocycles. The molecule has 60 valence electrons. The van der Waals surface area contributed by atoms with E-state index in [4.69, 9.17) is 0 Å². The molecule has 2 atom stereocenters. The van der Waals surface area contributed by atoms with Crippen LogP contribution in [0.5, 0.6) is 0 Å². The lowest BCUT2D eigenvalue weighted by Gasteiger charge is -2.35. The standard InChI is InChI=1S/C8H16O2/c1-5-7(3,9)8(4,10)6-2/h5,9-10H,1,6H2,2-4H3. The fourth-order valence-electron chi connectivity index (χ4n) is 0.578. The van der Waals surface area contributed by atoms with E-state index in [1.165, 1.54) is 6.08 Å². The molecule has 0 amide bonds. The zero-order chi connectivity index (χ0) is 8.41. The lowest BCUT2D eigenvalue weighted by molar-refractivity contribution is -0.102. The number of hydrogen-bond acceptors (Lipinski definition) is 2. The second-order valence-electron chi connectivity index (χ2n) is 2.98. The van der Waals surface area contributed by atoms with Crippen molar-refractivity contribution in [1.29, 1.82) is 0 Å². The highest BCUT2D eigenvalue weighted by Gasteiger charge is 2.37. The molecule has 0 spiro atoms. The third kappa shape index (κ3) is 1.58. The lowest BCUT2D eigenvalue weighted by atomic mass is 9.84. The van der Waals surface area contributed by atoms with Crippen molar-refractivity contribution in [3.8, 4) is 0 Å². The van der Waals surface area contributed by atoms with Crippen LogP contribution >= 0.6 is 0 Å². The van der Waals surface area contributed by atoms with Crippen molar-refractivity contribution in [3.05, 3.63) is 12.7 Å². The first kappa shape index (κ1) is 9.66. The monoisotopic (exact) mass is 144 g/mol. The molecule has 0 rings (SSSR count). The number of aliphatic hydroxyl groups is 2. The van der Waals surface area contributed by atoms with Crippen LogP contribution in [0.25, 0.3) is 0 Å². The van der Waals surface area contributed by atoms with E-state index in [-0.39, 0.29) is 0 Å². The molecule has 0 saturated carbocycles. The molecule has 2 N–H and O–H groups in total. The van der Waals surface area contributed by atoms with Crippen LogP contribution in [-0.2, 0) is 0 Å². The Morgan fingerprint density at radius 2 is 1.80 bits per heavy atom. The van der Waals surface area contributed by atoms with Crippen molar-refractivity contribution in [2.24, 2.45) is 0 Å². The van der Waals surface area contributed by atoms with Gasteiger partial charge in [-0.3, -0.25) is 0 Å². The van der Waals surface area contributed by atoms with Gasteiger partial charge in [-0.05, 0) is 20.3 Å². The maximum absolute atomic E-state index is 9.53. The van der Waals surface area contributed by atoms with E-state index in [1.54, 1.807) is 13.8 Å². The van der Waals surface area contributed by atoms with E-state index < -0.39 is 11.2 Å². The van der Waals surface area contributed by atoms with Gasteiger partial charge in [0, 0.05) is 0 Å². The van der Waals surface area contributed by atoms with Crippen molar-refractivity contribution in [2.45, 2.75) is 38.4 Å². The third-order valence-electron chi connectivity index (χ3n) is 2.18. The topological polar surface area (TPSA) is 40.5 Å². The summed E-state index contributed by atoms with van der Waals surface area (Å²) in [6.07, 6.45) is 1.86. The second-order valence-corrected chi connectivity index (χ2v) is 2.98. The molecule has 2 unspecified atom stereocenters. The van der Waals surface area contributed by atoms with E-state index >= 15 is 0 Å². The molecule has 0 aromatic rings. The van der Waals surface area contributed by atoms with Gasteiger partial charge in [0.05, 0.1) is 5.60 Å². The molecular weight excluding hydrogens is 128 g/mol. The molecule has 0 aromatic carbocycles. The van der Waals surface area contributed by atoms with Gasteiger partial charge in [-0.15, -0.1) is 6.58 Å². The van der Waals surface area contributed by atoms with Crippen molar-refractivity contribution < 1.29 is 10.2 Å². The summed E-state index contributed by atoms with van der Waals surface area (Å²) in [5.74, 6) is 0. The van der Waals surface area contributed by atoms with Crippen LogP contribution in [0, 0.1) is 0 Å². The molecular formula is C8H16O2. The van der Waals surface area contributed by atoms with Gasteiger partial charge >= 0.3 is 0 Å². The summed E-state index contributed by atoms with van der Waals surface area (Å²) in [5.41, 5.74) is -2.27. The summed E-state index contributed by atoms with van der Waals surface area (Å²) < 4.78 is 0. The van der Waals surface area contributed by atoms with E-state index in [1.807, 2.05) is 6.92 Å². The predicted molar refractivity (Wildman–Crippen MR) is 41.7 cm³/mol. The van der Waals surface area contributed by atoms with Gasteiger partial charge in [0.15, 0.2) is 0 Å². The van der Waals surface area contributed by atoms with E-state index in [2.05, 4.69) is 6.58 Å². The molecule has 0 fully saturated rings. The average Bonchev–Trinajstić information content (AvgIpc) is 1.88. The number of rotatable bonds is 3. The van der Waals surface area contributed by atoms with Crippen LogP contribution in [0.1, 0.15) is 27.2 Å². The Labute approximate surface area is 62.2 Å². The summed E-state index contributed by atoms with van der Waals surface area (Å²) in [4.78, 5) is 0. The summed E-state index contributed by atoms with van der Waals surface area (Å²) in [7, 11) is 0. The van der Waals surface area contributed by atoms with Crippen LogP contribution in [0.4, 0.5) is 0 Å². The fraction of sp³-hybridized carbons (Fsp3) is 0.750. The van der Waals surface area contributed by atoms with Gasteiger partial charge in [0.1, 0.15) is 5.60 Å². The third-order valence-corrected chi connectivity index (χ3v) is 2.18. The van der Waals surface area contributed by atoms with Crippen LogP contribution in [0.15, 0.2) is 12.7 Å². The minimum absolute atomic E-state index is 0.506. The molecule has 0 aliphatic rings. The Morgan fingerprint density at radius 1 is 1.40 bits per heavy atom. The lowest BCUT2D eigenvalue weighted by Crippen LogP contribution is -2.47. The normalized spacial score (nSPS) is 22.9. The van der Waals surface area contributed by atoms with Gasteiger partial charge in [0.2, 0.25) is 0 Å². The smallest absolute Gasteiger partial charge is 0.108 e. The summed E-state index contributed by atoms with van der Waals surface area (Å²) in [6.45, 7) is 8.39. The van der Waals surface area contributed by atoms with Gasteiger partial charge in [-0.1, -0.05) is 13.0 Å². The van der Waals surface area contributed by atoms with Crippen molar-refractivity contribution >= 4 is 0 Å². The number of hydrogen-bond donors (Lipinski definition) is 2. The fourth-order valence-corrected chi connectivity index (χ4v) is 0.578. The minimum Gasteiger partial charge on any atom is -0.387 e. The second kappa shape index (κ2) is 2.72. The van der Waals surface area contributed by atoms with Crippen LogP contribution in [0.3, 0.4) is 0 Å².